The fourth-order valence-electron chi connectivity index (χ4n) is 2.50. The van der Waals surface area contributed by atoms with Gasteiger partial charge >= 0.3 is 0 Å². The van der Waals surface area contributed by atoms with E-state index in [-0.39, 0.29) is 0 Å². The second-order valence-corrected chi connectivity index (χ2v) is 5.49. The smallest absolute Gasteiger partial charge is 0.0198 e. The molecule has 104 valence electrons. The molecule has 0 heteroatoms. The normalized spacial score (nSPS) is 11.2. The Morgan fingerprint density at radius 3 is 2.30 bits per heavy atom. The fraction of sp³-hybridized carbons (Fsp3) is 0.300. The molecule has 0 aromatic heterocycles. The molecule has 0 aliphatic rings. The molecular formula is C20H24. The molecule has 0 heterocycles. The maximum absolute atomic E-state index is 2.31. The Morgan fingerprint density at radius 1 is 0.900 bits per heavy atom. The van der Waals surface area contributed by atoms with E-state index < -0.39 is 0 Å². The summed E-state index contributed by atoms with van der Waals surface area (Å²) < 4.78 is 0. The Bertz CT molecular complexity index is 570. The molecule has 0 unspecified atom stereocenters. The van der Waals surface area contributed by atoms with Gasteiger partial charge in [-0.05, 0) is 54.5 Å². The van der Waals surface area contributed by atoms with Crippen molar-refractivity contribution in [1.82, 2.24) is 0 Å². The molecule has 0 saturated heterocycles. The Balaban J connectivity index is 2.19. The second-order valence-electron chi connectivity index (χ2n) is 5.49. The third-order valence-corrected chi connectivity index (χ3v) is 3.75. The topological polar surface area (TPSA) is 0 Å². The quantitative estimate of drug-likeness (QED) is 0.597. The summed E-state index contributed by atoms with van der Waals surface area (Å²) in [7, 11) is 0. The molecule has 0 nitrogen and oxygen atoms in total. The predicted molar refractivity (Wildman–Crippen MR) is 89.9 cm³/mol. The molecule has 0 N–H and O–H groups in total. The lowest BCUT2D eigenvalue weighted by atomic mass is 10.0. The van der Waals surface area contributed by atoms with Crippen LogP contribution in [0.2, 0.25) is 0 Å². The second kappa shape index (κ2) is 7.09. The summed E-state index contributed by atoms with van der Waals surface area (Å²) in [6, 6.07) is 15.3. The zero-order chi connectivity index (χ0) is 14.4. The Hall–Kier alpha value is -1.82. The molecule has 0 spiro atoms. The van der Waals surface area contributed by atoms with Crippen molar-refractivity contribution < 1.29 is 0 Å². The maximum Gasteiger partial charge on any atom is -0.0198 e. The number of hydrogen-bond donors (Lipinski definition) is 0. The largest absolute Gasteiger partial charge is 0.0654 e. The fourth-order valence-corrected chi connectivity index (χ4v) is 2.50. The highest BCUT2D eigenvalue weighted by molar-refractivity contribution is 5.72. The first-order valence-electron chi connectivity index (χ1n) is 7.54. The first-order chi connectivity index (χ1) is 9.70. The van der Waals surface area contributed by atoms with Gasteiger partial charge in [0, 0.05) is 0 Å². The van der Waals surface area contributed by atoms with Crippen LogP contribution in [0.5, 0.6) is 0 Å². The summed E-state index contributed by atoms with van der Waals surface area (Å²) in [4.78, 5) is 0. The molecule has 0 aliphatic heterocycles. The van der Waals surface area contributed by atoms with E-state index in [1.54, 1.807) is 0 Å². The van der Waals surface area contributed by atoms with E-state index >= 15 is 0 Å². The molecule has 2 rings (SSSR count). The Kier molecular flexibility index (Phi) is 5.17. The van der Waals surface area contributed by atoms with Crippen molar-refractivity contribution in [3.63, 3.8) is 0 Å². The van der Waals surface area contributed by atoms with Crippen molar-refractivity contribution in [1.29, 1.82) is 0 Å². The van der Waals surface area contributed by atoms with Gasteiger partial charge in [-0.25, -0.2) is 0 Å². The van der Waals surface area contributed by atoms with Crippen LogP contribution in [0.1, 0.15) is 47.6 Å². The molecular weight excluding hydrogens is 240 g/mol. The van der Waals surface area contributed by atoms with E-state index in [0.29, 0.717) is 0 Å². The highest BCUT2D eigenvalue weighted by Crippen LogP contribution is 2.17. The molecule has 0 amide bonds. The minimum absolute atomic E-state index is 1.18. The van der Waals surface area contributed by atoms with Crippen LogP contribution < -0.4 is 0 Å². The van der Waals surface area contributed by atoms with Crippen LogP contribution in [0.15, 0.2) is 42.5 Å². The van der Waals surface area contributed by atoms with Gasteiger partial charge in [0.25, 0.3) is 0 Å². The molecule has 0 aliphatic carbocycles. The molecule has 2 aromatic rings. The van der Waals surface area contributed by atoms with Crippen LogP contribution in [0, 0.1) is 13.8 Å². The molecule has 0 radical (unpaired) electrons. The van der Waals surface area contributed by atoms with Crippen molar-refractivity contribution in [2.45, 2.75) is 40.0 Å². The summed E-state index contributed by atoms with van der Waals surface area (Å²) >= 11 is 0. The molecule has 0 bridgehead atoms. The minimum Gasteiger partial charge on any atom is -0.0654 e. The van der Waals surface area contributed by atoms with E-state index in [1.165, 1.54) is 47.1 Å². The summed E-state index contributed by atoms with van der Waals surface area (Å²) in [6.07, 6.45) is 8.17. The average molecular weight is 264 g/mol. The van der Waals surface area contributed by atoms with Crippen molar-refractivity contribution in [3.8, 4) is 0 Å². The van der Waals surface area contributed by atoms with Crippen molar-refractivity contribution in [2.75, 3.05) is 0 Å². The standard InChI is InChI=1S/C20H24/c1-4-5-10-18-11-7-12-19(15-18)13-14-20-16(2)8-6-9-17(20)3/h6-9,11-15H,4-5,10H2,1-3H3/b14-13+. The van der Waals surface area contributed by atoms with Crippen LogP contribution in [-0.4, -0.2) is 0 Å². The van der Waals surface area contributed by atoms with Crippen molar-refractivity contribution >= 4 is 12.2 Å². The molecule has 20 heavy (non-hydrogen) atoms. The van der Waals surface area contributed by atoms with E-state index in [2.05, 4.69) is 75.4 Å². The van der Waals surface area contributed by atoms with Gasteiger partial charge in [-0.3, -0.25) is 0 Å². The van der Waals surface area contributed by atoms with Crippen LogP contribution >= 0.6 is 0 Å². The van der Waals surface area contributed by atoms with Crippen LogP contribution in [0.4, 0.5) is 0 Å². The van der Waals surface area contributed by atoms with Gasteiger partial charge in [-0.1, -0.05) is 68.0 Å². The first-order valence-corrected chi connectivity index (χ1v) is 7.54. The van der Waals surface area contributed by atoms with E-state index in [9.17, 15) is 0 Å². The minimum atomic E-state index is 1.18. The monoisotopic (exact) mass is 264 g/mol. The number of rotatable bonds is 5. The summed E-state index contributed by atoms with van der Waals surface area (Å²) in [5.74, 6) is 0. The molecule has 2 aromatic carbocycles. The lowest BCUT2D eigenvalue weighted by molar-refractivity contribution is 0.795. The third kappa shape index (κ3) is 3.84. The lowest BCUT2D eigenvalue weighted by Crippen LogP contribution is -1.86. The van der Waals surface area contributed by atoms with Crippen LogP contribution in [-0.2, 0) is 6.42 Å². The molecule has 0 fully saturated rings. The van der Waals surface area contributed by atoms with Crippen LogP contribution in [0.25, 0.3) is 12.2 Å². The molecule has 0 saturated carbocycles. The van der Waals surface area contributed by atoms with Gasteiger partial charge in [-0.2, -0.15) is 0 Å². The number of aryl methyl sites for hydroxylation is 3. The number of hydrogen-bond acceptors (Lipinski definition) is 0. The van der Waals surface area contributed by atoms with Gasteiger partial charge in [-0.15, -0.1) is 0 Å². The predicted octanol–water partition coefficient (Wildman–Crippen LogP) is 5.82. The van der Waals surface area contributed by atoms with Crippen molar-refractivity contribution in [3.05, 3.63) is 70.3 Å². The van der Waals surface area contributed by atoms with Gasteiger partial charge in [0.05, 0.1) is 0 Å². The summed E-state index contributed by atoms with van der Waals surface area (Å²) in [5, 5.41) is 0. The highest BCUT2D eigenvalue weighted by Gasteiger charge is 1.98. The highest BCUT2D eigenvalue weighted by atomic mass is 14.0. The maximum atomic E-state index is 2.31. The average Bonchev–Trinajstić information content (AvgIpc) is 2.45. The molecule has 0 atom stereocenters. The van der Waals surface area contributed by atoms with Gasteiger partial charge in [0.15, 0.2) is 0 Å². The van der Waals surface area contributed by atoms with Crippen LogP contribution in [0.3, 0.4) is 0 Å². The number of unbranched alkanes of at least 4 members (excludes halogenated alkanes) is 1. The SMILES string of the molecule is CCCCc1cccc(/C=C/c2c(C)cccc2C)c1. The zero-order valence-electron chi connectivity index (χ0n) is 12.8. The summed E-state index contributed by atoms with van der Waals surface area (Å²) in [5.41, 5.74) is 6.75. The third-order valence-electron chi connectivity index (χ3n) is 3.75. The van der Waals surface area contributed by atoms with Crippen molar-refractivity contribution in [2.24, 2.45) is 0 Å². The Labute approximate surface area is 123 Å². The van der Waals surface area contributed by atoms with Gasteiger partial charge < -0.3 is 0 Å². The first kappa shape index (κ1) is 14.6. The number of benzene rings is 2. The van der Waals surface area contributed by atoms with Gasteiger partial charge in [0.1, 0.15) is 0 Å². The Morgan fingerprint density at radius 2 is 1.60 bits per heavy atom. The van der Waals surface area contributed by atoms with E-state index in [0.717, 1.165) is 0 Å². The summed E-state index contributed by atoms with van der Waals surface area (Å²) in [6.45, 7) is 6.58. The lowest BCUT2D eigenvalue weighted by Gasteiger charge is -2.05. The van der Waals surface area contributed by atoms with E-state index in [1.807, 2.05) is 0 Å². The zero-order valence-corrected chi connectivity index (χ0v) is 12.8. The van der Waals surface area contributed by atoms with E-state index in [4.69, 9.17) is 0 Å². The van der Waals surface area contributed by atoms with Gasteiger partial charge in [0.2, 0.25) is 0 Å².